The number of rotatable bonds is 12. The summed E-state index contributed by atoms with van der Waals surface area (Å²) in [7, 11) is -1.12. The molecule has 0 aromatic heterocycles. The monoisotopic (exact) mass is 604 g/mol. The Morgan fingerprint density at radius 1 is 0.930 bits per heavy atom. The largest absolute Gasteiger partial charge is 0.497 e. The van der Waals surface area contributed by atoms with Gasteiger partial charge in [0.15, 0.2) is 6.29 Å². The smallest absolute Gasteiger partial charge is 0.261 e. The molecule has 1 aliphatic rings. The van der Waals surface area contributed by atoms with Crippen LogP contribution in [0, 0.1) is 17.8 Å². The maximum Gasteiger partial charge on any atom is 0.261 e. The van der Waals surface area contributed by atoms with Crippen LogP contribution in [0.4, 0.5) is 0 Å². The molecule has 3 aromatic carbocycles. The van der Waals surface area contributed by atoms with Gasteiger partial charge in [-0.15, -0.1) is 0 Å². The van der Waals surface area contributed by atoms with Crippen LogP contribution in [0.5, 0.6) is 5.75 Å². The summed E-state index contributed by atoms with van der Waals surface area (Å²) >= 11 is 0. The van der Waals surface area contributed by atoms with E-state index in [1.54, 1.807) is 7.11 Å². The highest BCUT2D eigenvalue weighted by molar-refractivity contribution is 6.99. The molecule has 0 spiro atoms. The predicted molar refractivity (Wildman–Crippen MR) is 173 cm³/mol. The van der Waals surface area contributed by atoms with Gasteiger partial charge in [-0.3, -0.25) is 4.79 Å². The van der Waals surface area contributed by atoms with E-state index in [2.05, 4.69) is 69.3 Å². The van der Waals surface area contributed by atoms with Crippen molar-refractivity contribution in [3.63, 3.8) is 0 Å². The number of hydrogen-bond donors (Lipinski definition) is 1. The fourth-order valence-corrected chi connectivity index (χ4v) is 10.9. The molecule has 0 saturated carbocycles. The summed E-state index contributed by atoms with van der Waals surface area (Å²) in [5, 5.41) is 13.7. The lowest BCUT2D eigenvalue weighted by Crippen LogP contribution is -2.67. The van der Waals surface area contributed by atoms with E-state index in [-0.39, 0.29) is 28.8 Å². The minimum atomic E-state index is -2.75. The Labute approximate surface area is 258 Å². The van der Waals surface area contributed by atoms with Gasteiger partial charge in [-0.1, -0.05) is 114 Å². The summed E-state index contributed by atoms with van der Waals surface area (Å²) in [4.78, 5) is 13.7. The third-order valence-corrected chi connectivity index (χ3v) is 13.9. The number of carbonyl (C=O) groups is 1. The molecule has 1 fully saturated rings. The topological polar surface area (TPSA) is 74.2 Å². The molecule has 6 atom stereocenters. The zero-order valence-corrected chi connectivity index (χ0v) is 27.7. The van der Waals surface area contributed by atoms with Crippen LogP contribution in [-0.2, 0) is 18.7 Å². The molecule has 6 nitrogen and oxygen atoms in total. The van der Waals surface area contributed by atoms with Crippen LogP contribution >= 0.6 is 0 Å². The van der Waals surface area contributed by atoms with Crippen LogP contribution in [-0.4, -0.2) is 51.7 Å². The molecule has 0 amide bonds. The summed E-state index contributed by atoms with van der Waals surface area (Å²) < 4.78 is 24.4. The molecule has 232 valence electrons. The van der Waals surface area contributed by atoms with Gasteiger partial charge in [0.1, 0.15) is 11.5 Å². The van der Waals surface area contributed by atoms with Gasteiger partial charge in [0, 0.05) is 29.9 Å². The van der Waals surface area contributed by atoms with E-state index >= 15 is 0 Å². The third-order valence-electron chi connectivity index (χ3n) is 8.89. The predicted octanol–water partition coefficient (Wildman–Crippen LogP) is 5.91. The van der Waals surface area contributed by atoms with Crippen LogP contribution in [0.1, 0.15) is 59.8 Å². The molecule has 0 radical (unpaired) electrons. The molecule has 3 aromatic rings. The number of aliphatic hydroxyl groups is 1. The molecule has 0 aliphatic carbocycles. The molecular weight excluding hydrogens is 556 g/mol. The molecule has 0 bridgehead atoms. The average Bonchev–Trinajstić information content (AvgIpc) is 3.04. The minimum Gasteiger partial charge on any atom is -0.497 e. The fraction of sp³-hybridized carbons (Fsp3) is 0.472. The lowest BCUT2D eigenvalue weighted by Gasteiger charge is -2.44. The number of hydrogen-bond acceptors (Lipinski definition) is 6. The SMILES string of the molecule is COc1ccc([C@@H]2OCC[C@H]([C@@H](C)C(=O)[C@@H](C)[C@H](O)[C@@H](C)CO[Si](c3ccccc3)(c3ccccc3)C(C)(C)C)O2)cc1. The highest BCUT2D eigenvalue weighted by Gasteiger charge is 2.50. The van der Waals surface area contributed by atoms with Crippen molar-refractivity contribution in [3.05, 3.63) is 90.5 Å². The molecule has 1 N–H and O–H groups in total. The molecule has 0 unspecified atom stereocenters. The van der Waals surface area contributed by atoms with E-state index in [0.717, 1.165) is 11.3 Å². The summed E-state index contributed by atoms with van der Waals surface area (Å²) in [5.41, 5.74) is 0.882. The second-order valence-electron chi connectivity index (χ2n) is 12.9. The van der Waals surface area contributed by atoms with Crippen molar-refractivity contribution in [1.82, 2.24) is 0 Å². The molecule has 1 heterocycles. The first kappa shape index (κ1) is 33.1. The van der Waals surface area contributed by atoms with E-state index in [0.29, 0.717) is 19.6 Å². The first-order valence-corrected chi connectivity index (χ1v) is 17.3. The number of benzene rings is 3. The Morgan fingerprint density at radius 2 is 1.49 bits per heavy atom. The van der Waals surface area contributed by atoms with Gasteiger partial charge in [-0.25, -0.2) is 0 Å². The first-order valence-electron chi connectivity index (χ1n) is 15.4. The van der Waals surface area contributed by atoms with E-state index < -0.39 is 26.6 Å². The number of aliphatic hydroxyl groups excluding tert-OH is 1. The van der Waals surface area contributed by atoms with Crippen molar-refractivity contribution >= 4 is 24.5 Å². The maximum atomic E-state index is 13.7. The van der Waals surface area contributed by atoms with Crippen LogP contribution < -0.4 is 15.1 Å². The van der Waals surface area contributed by atoms with Gasteiger partial charge in [0.25, 0.3) is 8.32 Å². The normalized spacial score (nSPS) is 20.6. The number of Topliss-reactive ketones (excluding diaryl/α,β-unsaturated/α-hetero) is 1. The summed E-state index contributed by atoms with van der Waals surface area (Å²) in [6.45, 7) is 13.2. The van der Waals surface area contributed by atoms with Gasteiger partial charge >= 0.3 is 0 Å². The first-order chi connectivity index (χ1) is 20.5. The Hall–Kier alpha value is -2.81. The fourth-order valence-electron chi connectivity index (χ4n) is 6.24. The number of carbonyl (C=O) groups excluding carboxylic acids is 1. The molecule has 4 rings (SSSR count). The van der Waals surface area contributed by atoms with Gasteiger partial charge in [0.05, 0.1) is 25.9 Å². The van der Waals surface area contributed by atoms with E-state index in [1.165, 1.54) is 10.4 Å². The van der Waals surface area contributed by atoms with Crippen molar-refractivity contribution in [2.45, 2.75) is 71.5 Å². The molecule has 43 heavy (non-hydrogen) atoms. The standard InChI is InChI=1S/C36H48O6Si/c1-25(24-41-43(36(4,5)6,30-14-10-8-11-15-30)31-16-12-9-13-17-31)33(37)27(3)34(38)26(2)32-22-23-40-35(42-32)28-18-20-29(39-7)21-19-28/h8-21,25-27,32-33,35,37H,22-24H2,1-7H3/t25-,26+,27-,32+,33+,35+/m0/s1. The maximum absolute atomic E-state index is 13.7. The quantitative estimate of drug-likeness (QED) is 0.259. The number of ketones is 1. The third kappa shape index (κ3) is 7.30. The molecule has 1 aliphatic heterocycles. The Morgan fingerprint density at radius 3 is 2.00 bits per heavy atom. The van der Waals surface area contributed by atoms with Crippen LogP contribution in [0.2, 0.25) is 5.04 Å². The van der Waals surface area contributed by atoms with Crippen molar-refractivity contribution in [3.8, 4) is 5.75 Å². The molecule has 7 heteroatoms. The van der Waals surface area contributed by atoms with E-state index in [1.807, 2.05) is 57.2 Å². The second-order valence-corrected chi connectivity index (χ2v) is 17.2. The van der Waals surface area contributed by atoms with Crippen LogP contribution in [0.15, 0.2) is 84.9 Å². The van der Waals surface area contributed by atoms with Gasteiger partial charge in [-0.05, 0) is 34.0 Å². The highest BCUT2D eigenvalue weighted by atomic mass is 28.4. The van der Waals surface area contributed by atoms with E-state index in [9.17, 15) is 9.90 Å². The zero-order chi connectivity index (χ0) is 31.2. The number of ether oxygens (including phenoxy) is 3. The highest BCUT2D eigenvalue weighted by Crippen LogP contribution is 2.38. The Bertz CT molecular complexity index is 1250. The summed E-state index contributed by atoms with van der Waals surface area (Å²) in [6.07, 6.45) is -1.08. The van der Waals surface area contributed by atoms with Crippen LogP contribution in [0.3, 0.4) is 0 Å². The lowest BCUT2D eigenvalue weighted by atomic mass is 9.83. The minimum absolute atomic E-state index is 0.00909. The number of methoxy groups -OCH3 is 1. The molecule has 1 saturated heterocycles. The average molecular weight is 605 g/mol. The van der Waals surface area contributed by atoms with Crippen molar-refractivity contribution in [2.75, 3.05) is 20.3 Å². The Kier molecular flexibility index (Phi) is 11.0. The van der Waals surface area contributed by atoms with E-state index in [4.69, 9.17) is 18.6 Å². The van der Waals surface area contributed by atoms with Crippen molar-refractivity contribution in [1.29, 1.82) is 0 Å². The zero-order valence-electron chi connectivity index (χ0n) is 26.7. The lowest BCUT2D eigenvalue weighted by molar-refractivity contribution is -0.227. The van der Waals surface area contributed by atoms with Crippen LogP contribution in [0.25, 0.3) is 0 Å². The van der Waals surface area contributed by atoms with Gasteiger partial charge in [0.2, 0.25) is 0 Å². The Balaban J connectivity index is 1.46. The molecular formula is C36H48O6Si. The van der Waals surface area contributed by atoms with Gasteiger partial charge < -0.3 is 23.7 Å². The van der Waals surface area contributed by atoms with Gasteiger partial charge in [-0.2, -0.15) is 0 Å². The second kappa shape index (κ2) is 14.3. The summed E-state index contributed by atoms with van der Waals surface area (Å²) in [6, 6.07) is 28.5. The van der Waals surface area contributed by atoms with Crippen molar-refractivity contribution in [2.24, 2.45) is 17.8 Å². The van der Waals surface area contributed by atoms with Crippen molar-refractivity contribution < 1.29 is 28.5 Å². The summed E-state index contributed by atoms with van der Waals surface area (Å²) in [5.74, 6) is -0.464.